The minimum atomic E-state index is -0.590. The number of carbonyl (C=O) groups is 1. The van der Waals surface area contributed by atoms with Crippen molar-refractivity contribution < 1.29 is 9.53 Å². The summed E-state index contributed by atoms with van der Waals surface area (Å²) in [6.45, 7) is 10.1. The highest BCUT2D eigenvalue weighted by atomic mass is 16.6. The Kier molecular flexibility index (Phi) is 6.35. The molecule has 168 valence electrons. The van der Waals surface area contributed by atoms with E-state index in [2.05, 4.69) is 35.2 Å². The van der Waals surface area contributed by atoms with Gasteiger partial charge in [-0.25, -0.2) is 9.78 Å². The number of benzene rings is 2. The van der Waals surface area contributed by atoms with E-state index >= 15 is 0 Å². The predicted molar refractivity (Wildman–Crippen MR) is 131 cm³/mol. The molecule has 3 aromatic rings. The Morgan fingerprint density at radius 2 is 1.75 bits per heavy atom. The molecule has 0 N–H and O–H groups in total. The van der Waals surface area contributed by atoms with Crippen molar-refractivity contribution in [3.05, 3.63) is 65.9 Å². The van der Waals surface area contributed by atoms with Crippen LogP contribution in [0.4, 0.5) is 16.3 Å². The van der Waals surface area contributed by atoms with E-state index in [4.69, 9.17) is 9.72 Å². The lowest BCUT2D eigenvalue weighted by atomic mass is 10.0. The van der Waals surface area contributed by atoms with E-state index in [0.29, 0.717) is 12.4 Å². The van der Waals surface area contributed by atoms with Crippen LogP contribution in [0.1, 0.15) is 51.3 Å². The van der Waals surface area contributed by atoms with Gasteiger partial charge in [-0.15, -0.1) is 0 Å². The van der Waals surface area contributed by atoms with Gasteiger partial charge in [-0.05, 0) is 69.4 Å². The minimum absolute atomic E-state index is 0.381. The van der Waals surface area contributed by atoms with Crippen molar-refractivity contribution >= 4 is 28.4 Å². The van der Waals surface area contributed by atoms with E-state index in [1.54, 1.807) is 4.90 Å². The first-order valence-electron chi connectivity index (χ1n) is 11.5. The van der Waals surface area contributed by atoms with Crippen LogP contribution in [-0.4, -0.2) is 29.8 Å². The molecule has 0 saturated carbocycles. The van der Waals surface area contributed by atoms with Crippen LogP contribution in [0.3, 0.4) is 0 Å². The van der Waals surface area contributed by atoms with E-state index in [9.17, 15) is 4.79 Å². The number of hydrogen-bond acceptors (Lipinski definition) is 4. The van der Waals surface area contributed by atoms with Crippen molar-refractivity contribution in [3.63, 3.8) is 0 Å². The first kappa shape index (κ1) is 22.1. The zero-order chi connectivity index (χ0) is 22.7. The Labute approximate surface area is 191 Å². The topological polar surface area (TPSA) is 45.7 Å². The maximum absolute atomic E-state index is 13.3. The monoisotopic (exact) mass is 431 g/mol. The van der Waals surface area contributed by atoms with Crippen LogP contribution in [0.15, 0.2) is 54.6 Å². The summed E-state index contributed by atoms with van der Waals surface area (Å²) in [7, 11) is 0. The summed E-state index contributed by atoms with van der Waals surface area (Å²) < 4.78 is 5.80. The van der Waals surface area contributed by atoms with Crippen LogP contribution in [0.2, 0.25) is 0 Å². The molecule has 1 fully saturated rings. The van der Waals surface area contributed by atoms with Gasteiger partial charge in [-0.1, -0.05) is 42.5 Å². The molecule has 1 amide bonds. The Bertz CT molecular complexity index is 1090. The number of piperidine rings is 1. The number of pyridine rings is 1. The normalized spacial score (nSPS) is 14.4. The van der Waals surface area contributed by atoms with Crippen LogP contribution in [0.25, 0.3) is 10.8 Å². The van der Waals surface area contributed by atoms with Crippen LogP contribution < -0.4 is 9.80 Å². The molecule has 0 radical (unpaired) electrons. The molecule has 32 heavy (non-hydrogen) atoms. The third-order valence-electron chi connectivity index (χ3n) is 5.74. The van der Waals surface area contributed by atoms with Gasteiger partial charge in [-0.2, -0.15) is 0 Å². The summed E-state index contributed by atoms with van der Waals surface area (Å²) >= 11 is 0. The second-order valence-electron chi connectivity index (χ2n) is 9.58. The number of rotatable bonds is 4. The highest BCUT2D eigenvalue weighted by molar-refractivity contribution is 5.90. The number of ether oxygens (including phenoxy) is 1. The number of hydrogen-bond donors (Lipinski definition) is 0. The van der Waals surface area contributed by atoms with Gasteiger partial charge in [0.1, 0.15) is 11.4 Å². The standard InChI is InChI=1S/C27H33N3O2/c1-20-17-23(29-15-8-5-9-16-29)18-25(28-20)30(26(31)32-27(2,3)4)19-22-13-10-12-21-11-6-7-14-24(21)22/h6-7,10-14,17-18H,5,8-9,15-16,19H2,1-4H3. The van der Waals surface area contributed by atoms with Gasteiger partial charge in [0.2, 0.25) is 0 Å². The lowest BCUT2D eigenvalue weighted by Crippen LogP contribution is -2.37. The number of carbonyl (C=O) groups excluding carboxylic acids is 1. The Morgan fingerprint density at radius 1 is 1.03 bits per heavy atom. The van der Waals surface area contributed by atoms with Gasteiger partial charge < -0.3 is 9.64 Å². The second-order valence-corrected chi connectivity index (χ2v) is 9.58. The summed E-state index contributed by atoms with van der Waals surface area (Å²) in [5, 5.41) is 2.29. The Balaban J connectivity index is 1.74. The van der Waals surface area contributed by atoms with Gasteiger partial charge in [0.25, 0.3) is 0 Å². The van der Waals surface area contributed by atoms with Crippen LogP contribution in [0, 0.1) is 6.92 Å². The predicted octanol–water partition coefficient (Wildman–Crippen LogP) is 6.48. The molecule has 2 aromatic carbocycles. The summed E-state index contributed by atoms with van der Waals surface area (Å²) in [6, 6.07) is 18.6. The Hall–Kier alpha value is -3.08. The fourth-order valence-corrected chi connectivity index (χ4v) is 4.26. The average molecular weight is 432 g/mol. The quantitative estimate of drug-likeness (QED) is 0.475. The molecule has 0 unspecified atom stereocenters. The number of fused-ring (bicyclic) bond motifs is 1. The number of anilines is 2. The lowest BCUT2D eigenvalue weighted by molar-refractivity contribution is 0.0576. The van der Waals surface area contributed by atoms with E-state index in [-0.39, 0.29) is 6.09 Å². The number of aromatic nitrogens is 1. The molecular formula is C27H33N3O2. The van der Waals surface area contributed by atoms with E-state index in [0.717, 1.165) is 40.8 Å². The summed E-state index contributed by atoms with van der Waals surface area (Å²) in [5.74, 6) is 0.632. The van der Waals surface area contributed by atoms with Crippen LogP contribution in [-0.2, 0) is 11.3 Å². The zero-order valence-electron chi connectivity index (χ0n) is 19.6. The van der Waals surface area contributed by atoms with Crippen molar-refractivity contribution in [2.24, 2.45) is 0 Å². The van der Waals surface area contributed by atoms with Crippen LogP contribution >= 0.6 is 0 Å². The third kappa shape index (κ3) is 5.21. The van der Waals surface area contributed by atoms with Crippen LogP contribution in [0.5, 0.6) is 0 Å². The average Bonchev–Trinajstić information content (AvgIpc) is 2.76. The number of amides is 1. The largest absolute Gasteiger partial charge is 0.443 e. The molecule has 0 spiro atoms. The highest BCUT2D eigenvalue weighted by Gasteiger charge is 2.26. The zero-order valence-corrected chi connectivity index (χ0v) is 19.6. The maximum Gasteiger partial charge on any atom is 0.416 e. The second kappa shape index (κ2) is 9.19. The minimum Gasteiger partial charge on any atom is -0.443 e. The number of aryl methyl sites for hydroxylation is 1. The molecule has 0 bridgehead atoms. The summed E-state index contributed by atoms with van der Waals surface area (Å²) in [5.41, 5.74) is 2.50. The fourth-order valence-electron chi connectivity index (χ4n) is 4.26. The van der Waals surface area contributed by atoms with Crippen molar-refractivity contribution in [3.8, 4) is 0 Å². The molecule has 1 aromatic heterocycles. The van der Waals surface area contributed by atoms with Gasteiger partial charge in [0.15, 0.2) is 0 Å². The first-order chi connectivity index (χ1) is 15.3. The van der Waals surface area contributed by atoms with E-state index in [1.807, 2.05) is 52.0 Å². The highest BCUT2D eigenvalue weighted by Crippen LogP contribution is 2.29. The smallest absolute Gasteiger partial charge is 0.416 e. The molecule has 5 nitrogen and oxygen atoms in total. The molecule has 1 saturated heterocycles. The van der Waals surface area contributed by atoms with Gasteiger partial charge in [0, 0.05) is 30.5 Å². The van der Waals surface area contributed by atoms with E-state index < -0.39 is 5.60 Å². The molecular weight excluding hydrogens is 398 g/mol. The number of nitrogens with zero attached hydrogens (tertiary/aromatic N) is 3. The SMILES string of the molecule is Cc1cc(N2CCCCC2)cc(N(Cc2cccc3ccccc23)C(=O)OC(C)(C)C)n1. The van der Waals surface area contributed by atoms with E-state index in [1.165, 1.54) is 19.3 Å². The molecule has 5 heteroatoms. The molecule has 4 rings (SSSR count). The van der Waals surface area contributed by atoms with Crippen molar-refractivity contribution in [1.82, 2.24) is 4.98 Å². The molecule has 2 heterocycles. The maximum atomic E-state index is 13.3. The fraction of sp³-hybridized carbons (Fsp3) is 0.407. The molecule has 0 atom stereocenters. The van der Waals surface area contributed by atoms with Crippen molar-refractivity contribution in [2.45, 2.75) is 59.1 Å². The van der Waals surface area contributed by atoms with Crippen molar-refractivity contribution in [2.75, 3.05) is 22.9 Å². The molecule has 1 aliphatic heterocycles. The summed E-state index contributed by atoms with van der Waals surface area (Å²) in [4.78, 5) is 22.2. The molecule has 1 aliphatic rings. The Morgan fingerprint density at radius 3 is 2.50 bits per heavy atom. The lowest BCUT2D eigenvalue weighted by Gasteiger charge is -2.31. The van der Waals surface area contributed by atoms with Gasteiger partial charge in [-0.3, -0.25) is 4.90 Å². The third-order valence-corrected chi connectivity index (χ3v) is 5.74. The summed E-state index contributed by atoms with van der Waals surface area (Å²) in [6.07, 6.45) is 3.29. The van der Waals surface area contributed by atoms with Gasteiger partial charge in [0.05, 0.1) is 6.54 Å². The molecule has 0 aliphatic carbocycles. The van der Waals surface area contributed by atoms with Crippen molar-refractivity contribution in [1.29, 1.82) is 0 Å². The van der Waals surface area contributed by atoms with Gasteiger partial charge >= 0.3 is 6.09 Å². The first-order valence-corrected chi connectivity index (χ1v) is 11.5.